The number of benzene rings is 8. The van der Waals surface area contributed by atoms with Crippen molar-refractivity contribution < 1.29 is 13.3 Å². The molecule has 0 bridgehead atoms. The van der Waals surface area contributed by atoms with Crippen molar-refractivity contribution in [1.82, 2.24) is 15.0 Å². The van der Waals surface area contributed by atoms with Crippen LogP contribution in [0.1, 0.15) is 0 Å². The fourth-order valence-corrected chi connectivity index (χ4v) is 8.18. The molecule has 0 aliphatic carbocycles. The smallest absolute Gasteiger partial charge is 0.167 e. The summed E-state index contributed by atoms with van der Waals surface area (Å²) in [5.41, 5.74) is 11.7. The highest BCUT2D eigenvalue weighted by molar-refractivity contribution is 6.14. The van der Waals surface area contributed by atoms with Gasteiger partial charge >= 0.3 is 0 Å². The van der Waals surface area contributed by atoms with E-state index in [2.05, 4.69) is 72.8 Å². The summed E-state index contributed by atoms with van der Waals surface area (Å²) < 4.78 is 19.6. The van der Waals surface area contributed by atoms with E-state index in [1.54, 1.807) is 0 Å². The molecule has 4 heterocycles. The molecule has 0 aliphatic rings. The van der Waals surface area contributed by atoms with Crippen LogP contribution < -0.4 is 0 Å². The van der Waals surface area contributed by atoms with Crippen molar-refractivity contribution in [3.8, 4) is 56.4 Å². The number of para-hydroxylation sites is 3. The SMILES string of the molecule is c1ccc(-c2nc(-c3ccccc3)nc(-c3cccc4c3oc3cc(-c5cc(-c6ccc7oc8ccccc8c7c6)c6oc7ccccc7c6c5)ccc34)n2)cc1. The molecule has 0 saturated heterocycles. The Labute approximate surface area is 325 Å². The first kappa shape index (κ1) is 31.5. The first-order valence-electron chi connectivity index (χ1n) is 18.9. The predicted octanol–water partition coefficient (Wildman–Crippen LogP) is 13.9. The van der Waals surface area contributed by atoms with Gasteiger partial charge in [0.05, 0.1) is 5.56 Å². The molecule has 0 unspecified atom stereocenters. The van der Waals surface area contributed by atoms with Crippen molar-refractivity contribution in [3.63, 3.8) is 0 Å². The lowest BCUT2D eigenvalue weighted by Crippen LogP contribution is -2.00. The quantitative estimate of drug-likeness (QED) is 0.175. The van der Waals surface area contributed by atoms with Crippen molar-refractivity contribution in [2.75, 3.05) is 0 Å². The van der Waals surface area contributed by atoms with Crippen LogP contribution in [0.2, 0.25) is 0 Å². The first-order valence-corrected chi connectivity index (χ1v) is 18.9. The minimum atomic E-state index is 0.553. The predicted molar refractivity (Wildman–Crippen MR) is 229 cm³/mol. The van der Waals surface area contributed by atoms with E-state index in [0.717, 1.165) is 105 Å². The van der Waals surface area contributed by atoms with Crippen molar-refractivity contribution in [2.45, 2.75) is 0 Å². The molecule has 6 nitrogen and oxygen atoms in total. The third kappa shape index (κ3) is 5.08. The van der Waals surface area contributed by atoms with E-state index >= 15 is 0 Å². The van der Waals surface area contributed by atoms with E-state index in [1.807, 2.05) is 103 Å². The lowest BCUT2D eigenvalue weighted by Gasteiger charge is -2.09. The molecular formula is C51H29N3O3. The molecule has 0 atom stereocenters. The minimum Gasteiger partial charge on any atom is -0.456 e. The Balaban J connectivity index is 1.03. The van der Waals surface area contributed by atoms with E-state index in [-0.39, 0.29) is 0 Å². The number of hydrogen-bond acceptors (Lipinski definition) is 6. The maximum atomic E-state index is 6.80. The van der Waals surface area contributed by atoms with Gasteiger partial charge < -0.3 is 13.3 Å². The van der Waals surface area contributed by atoms with E-state index in [0.29, 0.717) is 17.5 Å². The van der Waals surface area contributed by atoms with Crippen molar-refractivity contribution in [3.05, 3.63) is 176 Å². The normalized spacial score (nSPS) is 11.9. The second-order valence-corrected chi connectivity index (χ2v) is 14.3. The van der Waals surface area contributed by atoms with Crippen LogP contribution in [0.4, 0.5) is 0 Å². The van der Waals surface area contributed by atoms with Gasteiger partial charge in [-0.05, 0) is 71.3 Å². The lowest BCUT2D eigenvalue weighted by molar-refractivity contribution is 0.668. The minimum absolute atomic E-state index is 0.553. The number of nitrogens with zero attached hydrogens (tertiary/aromatic N) is 3. The van der Waals surface area contributed by atoms with E-state index in [9.17, 15) is 0 Å². The van der Waals surface area contributed by atoms with Gasteiger partial charge in [-0.2, -0.15) is 0 Å². The Hall–Kier alpha value is -7.83. The molecule has 12 aromatic rings. The molecule has 0 saturated carbocycles. The summed E-state index contributed by atoms with van der Waals surface area (Å²) in [6.45, 7) is 0. The van der Waals surface area contributed by atoms with Crippen LogP contribution >= 0.6 is 0 Å². The zero-order valence-corrected chi connectivity index (χ0v) is 30.3. The molecule has 0 radical (unpaired) electrons. The zero-order chi connectivity index (χ0) is 37.5. The van der Waals surface area contributed by atoms with Crippen molar-refractivity contribution in [1.29, 1.82) is 0 Å². The molecular weight excluding hydrogens is 703 g/mol. The molecule has 266 valence electrons. The maximum Gasteiger partial charge on any atom is 0.167 e. The molecule has 12 rings (SSSR count). The zero-order valence-electron chi connectivity index (χ0n) is 30.3. The number of rotatable bonds is 5. The molecule has 0 N–H and O–H groups in total. The van der Waals surface area contributed by atoms with Crippen LogP contribution in [-0.4, -0.2) is 15.0 Å². The van der Waals surface area contributed by atoms with Gasteiger partial charge in [0, 0.05) is 49.0 Å². The Morgan fingerprint density at radius 1 is 0.263 bits per heavy atom. The summed E-state index contributed by atoms with van der Waals surface area (Å²) in [5, 5.41) is 6.30. The molecule has 6 heteroatoms. The van der Waals surface area contributed by atoms with Crippen LogP contribution in [0.3, 0.4) is 0 Å². The van der Waals surface area contributed by atoms with Gasteiger partial charge in [-0.3, -0.25) is 0 Å². The fourth-order valence-electron chi connectivity index (χ4n) is 8.18. The molecule has 0 amide bonds. The summed E-state index contributed by atoms with van der Waals surface area (Å²) >= 11 is 0. The summed E-state index contributed by atoms with van der Waals surface area (Å²) in [4.78, 5) is 14.9. The van der Waals surface area contributed by atoms with Gasteiger partial charge in [-0.15, -0.1) is 0 Å². The third-order valence-corrected chi connectivity index (χ3v) is 10.9. The second kappa shape index (κ2) is 12.3. The van der Waals surface area contributed by atoms with Crippen LogP contribution in [0.25, 0.3) is 122 Å². The van der Waals surface area contributed by atoms with Crippen LogP contribution in [0, 0.1) is 0 Å². The fraction of sp³-hybridized carbons (Fsp3) is 0. The van der Waals surface area contributed by atoms with Gasteiger partial charge in [-0.1, -0.05) is 121 Å². The Kier molecular flexibility index (Phi) is 6.83. The van der Waals surface area contributed by atoms with Crippen molar-refractivity contribution in [2.24, 2.45) is 0 Å². The highest BCUT2D eigenvalue weighted by Gasteiger charge is 2.20. The summed E-state index contributed by atoms with van der Waals surface area (Å²) in [6, 6.07) is 59.9. The van der Waals surface area contributed by atoms with Crippen LogP contribution in [0.5, 0.6) is 0 Å². The molecule has 0 aliphatic heterocycles. The monoisotopic (exact) mass is 731 g/mol. The second-order valence-electron chi connectivity index (χ2n) is 14.3. The Bertz CT molecular complexity index is 3470. The average Bonchev–Trinajstić information content (AvgIpc) is 3.97. The van der Waals surface area contributed by atoms with E-state index < -0.39 is 0 Å². The van der Waals surface area contributed by atoms with Crippen LogP contribution in [0.15, 0.2) is 189 Å². The summed E-state index contributed by atoms with van der Waals surface area (Å²) in [7, 11) is 0. The topological polar surface area (TPSA) is 78.1 Å². The van der Waals surface area contributed by atoms with Gasteiger partial charge in [0.15, 0.2) is 17.5 Å². The first-order chi connectivity index (χ1) is 28.2. The molecule has 0 spiro atoms. The molecule has 4 aromatic heterocycles. The molecule has 0 fully saturated rings. The number of fused-ring (bicyclic) bond motifs is 9. The maximum absolute atomic E-state index is 6.80. The van der Waals surface area contributed by atoms with Gasteiger partial charge in [-0.25, -0.2) is 15.0 Å². The summed E-state index contributed by atoms with van der Waals surface area (Å²) in [5.74, 6) is 1.76. The van der Waals surface area contributed by atoms with Gasteiger partial charge in [0.25, 0.3) is 0 Å². The highest BCUT2D eigenvalue weighted by atomic mass is 16.3. The number of hydrogen-bond donors (Lipinski definition) is 0. The highest BCUT2D eigenvalue weighted by Crippen LogP contribution is 2.43. The standard InChI is InChI=1S/C51H29N3O3/c1-3-12-30(13-4-1)49-52-50(31-14-5-2-6-15-31)54-51(53-49)39-19-11-18-38-37-24-22-32(29-46(37)57-47(38)39)34-27-40(48-42(28-34)36-17-8-10-21-44(36)56-48)33-23-25-45-41(26-33)35-16-7-9-20-43(35)55-45/h1-29H. The number of furan rings is 3. The largest absolute Gasteiger partial charge is 0.456 e. The van der Waals surface area contributed by atoms with Crippen molar-refractivity contribution >= 4 is 65.8 Å². The van der Waals surface area contributed by atoms with E-state index in [1.165, 1.54) is 0 Å². The van der Waals surface area contributed by atoms with E-state index in [4.69, 9.17) is 28.2 Å². The Morgan fingerprint density at radius 3 is 1.56 bits per heavy atom. The number of aromatic nitrogens is 3. The van der Waals surface area contributed by atoms with Gasteiger partial charge in [0.2, 0.25) is 0 Å². The molecule has 57 heavy (non-hydrogen) atoms. The molecule has 8 aromatic carbocycles. The lowest BCUT2D eigenvalue weighted by atomic mass is 9.94. The third-order valence-electron chi connectivity index (χ3n) is 10.9. The summed E-state index contributed by atoms with van der Waals surface area (Å²) in [6.07, 6.45) is 0. The van der Waals surface area contributed by atoms with Gasteiger partial charge in [0.1, 0.15) is 33.5 Å². The van der Waals surface area contributed by atoms with Crippen LogP contribution in [-0.2, 0) is 0 Å². The average molecular weight is 732 g/mol. The Morgan fingerprint density at radius 2 is 0.807 bits per heavy atom.